The number of nitrogens with two attached hydrogens (primary N) is 1. The molecule has 0 aliphatic rings. The first-order valence-corrected chi connectivity index (χ1v) is 4.15. The van der Waals surface area contributed by atoms with Gasteiger partial charge in [0, 0.05) is 6.92 Å². The van der Waals surface area contributed by atoms with Crippen molar-refractivity contribution in [3.8, 4) is 0 Å². The Kier molecular flexibility index (Phi) is 2.68. The van der Waals surface area contributed by atoms with Gasteiger partial charge < -0.3 is 0 Å². The Hall–Kier alpha value is -1.35. The Balaban J connectivity index is 3.03. The molecule has 0 aliphatic carbocycles. The quantitative estimate of drug-likeness (QED) is 0.402. The zero-order valence-electron chi connectivity index (χ0n) is 8.16. The van der Waals surface area contributed by atoms with Crippen molar-refractivity contribution in [1.29, 1.82) is 0 Å². The van der Waals surface area contributed by atoms with Gasteiger partial charge in [0.05, 0.1) is 5.69 Å². The lowest BCUT2D eigenvalue weighted by molar-refractivity contribution is -0.116. The van der Waals surface area contributed by atoms with Gasteiger partial charge in [0.2, 0.25) is 5.91 Å². The van der Waals surface area contributed by atoms with Crippen LogP contribution in [0, 0.1) is 13.8 Å². The number of carbonyl (C=O) groups excluding carboxylic acids is 1. The summed E-state index contributed by atoms with van der Waals surface area (Å²) in [4.78, 5) is 10.9. The maximum Gasteiger partial charge on any atom is 0.238 e. The van der Waals surface area contributed by atoms with Crippen LogP contribution in [0.5, 0.6) is 0 Å². The molecule has 0 fully saturated rings. The molecule has 0 bridgehead atoms. The molecular weight excluding hydrogens is 164 g/mol. The Labute approximate surface area is 78.1 Å². The van der Waals surface area contributed by atoms with Crippen molar-refractivity contribution < 1.29 is 4.79 Å². The highest BCUT2D eigenvalue weighted by Crippen LogP contribution is 2.16. The number of aryl methyl sites for hydroxylation is 2. The van der Waals surface area contributed by atoms with E-state index in [-0.39, 0.29) is 5.91 Å². The van der Waals surface area contributed by atoms with Gasteiger partial charge in [-0.05, 0) is 37.1 Å². The minimum atomic E-state index is -0.164. The van der Waals surface area contributed by atoms with E-state index in [1.165, 1.54) is 12.5 Å². The molecule has 0 aromatic heterocycles. The fraction of sp³-hybridized carbons (Fsp3) is 0.300. The fourth-order valence-electron chi connectivity index (χ4n) is 1.06. The lowest BCUT2D eigenvalue weighted by atomic mass is 10.1. The van der Waals surface area contributed by atoms with Crippen LogP contribution in [0.2, 0.25) is 0 Å². The van der Waals surface area contributed by atoms with E-state index in [0.717, 1.165) is 16.3 Å². The third-order valence-corrected chi connectivity index (χ3v) is 2.11. The maximum absolute atomic E-state index is 10.9. The van der Waals surface area contributed by atoms with Crippen molar-refractivity contribution in [2.24, 2.45) is 5.84 Å². The summed E-state index contributed by atoms with van der Waals surface area (Å²) in [6, 6.07) is 5.69. The summed E-state index contributed by atoms with van der Waals surface area (Å²) in [6.45, 7) is 5.45. The number of hydrazine groups is 1. The molecule has 0 radical (unpaired) electrons. The summed E-state index contributed by atoms with van der Waals surface area (Å²) >= 11 is 0. The maximum atomic E-state index is 10.9. The van der Waals surface area contributed by atoms with E-state index in [4.69, 9.17) is 5.84 Å². The minimum Gasteiger partial charge on any atom is -0.273 e. The molecule has 13 heavy (non-hydrogen) atoms. The molecule has 1 aromatic carbocycles. The normalized spacial score (nSPS) is 9.85. The standard InChI is InChI=1S/C10H14N2O/c1-7-4-5-10(6-8(7)2)12(11)9(3)13/h4-6H,11H2,1-3H3. The molecular formula is C10H14N2O. The molecule has 1 amide bonds. The van der Waals surface area contributed by atoms with Crippen molar-refractivity contribution >= 4 is 11.6 Å². The second kappa shape index (κ2) is 3.58. The predicted molar refractivity (Wildman–Crippen MR) is 53.3 cm³/mol. The number of anilines is 1. The molecule has 0 spiro atoms. The molecule has 3 nitrogen and oxygen atoms in total. The van der Waals surface area contributed by atoms with Gasteiger partial charge in [0.1, 0.15) is 0 Å². The molecule has 3 heteroatoms. The number of hydrogen-bond donors (Lipinski definition) is 1. The van der Waals surface area contributed by atoms with Crippen LogP contribution in [0.15, 0.2) is 18.2 Å². The van der Waals surface area contributed by atoms with Gasteiger partial charge in [-0.25, -0.2) is 10.9 Å². The Morgan fingerprint density at radius 1 is 1.31 bits per heavy atom. The highest BCUT2D eigenvalue weighted by Gasteiger charge is 2.06. The lowest BCUT2D eigenvalue weighted by Crippen LogP contribution is -2.35. The van der Waals surface area contributed by atoms with Gasteiger partial charge in [0.25, 0.3) is 0 Å². The molecule has 0 heterocycles. The smallest absolute Gasteiger partial charge is 0.238 e. The second-order valence-electron chi connectivity index (χ2n) is 3.16. The molecule has 0 unspecified atom stereocenters. The number of nitrogens with zero attached hydrogens (tertiary/aromatic N) is 1. The zero-order chi connectivity index (χ0) is 10.0. The van der Waals surface area contributed by atoms with E-state index < -0.39 is 0 Å². The highest BCUT2D eigenvalue weighted by atomic mass is 16.2. The summed E-state index contributed by atoms with van der Waals surface area (Å²) in [5, 5.41) is 1.15. The van der Waals surface area contributed by atoms with Crippen LogP contribution in [0.4, 0.5) is 5.69 Å². The van der Waals surface area contributed by atoms with E-state index in [9.17, 15) is 4.79 Å². The number of rotatable bonds is 1. The first-order valence-electron chi connectivity index (χ1n) is 4.15. The number of hydrogen-bond acceptors (Lipinski definition) is 2. The van der Waals surface area contributed by atoms with Crippen LogP contribution in [-0.2, 0) is 4.79 Å². The Bertz CT molecular complexity index is 334. The molecule has 0 saturated heterocycles. The number of benzene rings is 1. The van der Waals surface area contributed by atoms with Crippen molar-refractivity contribution in [3.63, 3.8) is 0 Å². The van der Waals surface area contributed by atoms with Crippen LogP contribution in [0.25, 0.3) is 0 Å². The first-order chi connectivity index (χ1) is 6.02. The third kappa shape index (κ3) is 2.06. The molecule has 1 aromatic rings. The molecule has 0 atom stereocenters. The number of carbonyl (C=O) groups is 1. The summed E-state index contributed by atoms with van der Waals surface area (Å²) in [5.74, 6) is 5.38. The average molecular weight is 178 g/mol. The molecule has 0 aliphatic heterocycles. The zero-order valence-corrected chi connectivity index (χ0v) is 8.16. The Morgan fingerprint density at radius 2 is 1.92 bits per heavy atom. The molecule has 0 saturated carbocycles. The van der Waals surface area contributed by atoms with E-state index >= 15 is 0 Å². The van der Waals surface area contributed by atoms with E-state index in [1.54, 1.807) is 0 Å². The van der Waals surface area contributed by atoms with Gasteiger partial charge in [-0.2, -0.15) is 0 Å². The van der Waals surface area contributed by atoms with E-state index in [2.05, 4.69) is 0 Å². The van der Waals surface area contributed by atoms with Gasteiger partial charge in [-0.1, -0.05) is 6.07 Å². The van der Waals surface area contributed by atoms with Crippen LogP contribution in [-0.4, -0.2) is 5.91 Å². The summed E-state index contributed by atoms with van der Waals surface area (Å²) < 4.78 is 0. The predicted octanol–water partition coefficient (Wildman–Crippen LogP) is 1.53. The van der Waals surface area contributed by atoms with Crippen LogP contribution in [0.1, 0.15) is 18.1 Å². The Morgan fingerprint density at radius 3 is 2.38 bits per heavy atom. The fourth-order valence-corrected chi connectivity index (χ4v) is 1.06. The van der Waals surface area contributed by atoms with Gasteiger partial charge >= 0.3 is 0 Å². The SMILES string of the molecule is CC(=O)N(N)c1ccc(C)c(C)c1. The average Bonchev–Trinajstić information content (AvgIpc) is 2.08. The lowest BCUT2D eigenvalue weighted by Gasteiger charge is -2.15. The number of amides is 1. The summed E-state index contributed by atoms with van der Waals surface area (Å²) in [5.41, 5.74) is 3.06. The van der Waals surface area contributed by atoms with Crippen LogP contribution < -0.4 is 10.9 Å². The highest BCUT2D eigenvalue weighted by molar-refractivity contribution is 5.90. The van der Waals surface area contributed by atoms with Crippen molar-refractivity contribution in [2.45, 2.75) is 20.8 Å². The van der Waals surface area contributed by atoms with Crippen LogP contribution >= 0.6 is 0 Å². The second-order valence-corrected chi connectivity index (χ2v) is 3.16. The van der Waals surface area contributed by atoms with E-state index in [1.807, 2.05) is 32.0 Å². The van der Waals surface area contributed by atoms with Gasteiger partial charge in [-0.15, -0.1) is 0 Å². The largest absolute Gasteiger partial charge is 0.273 e. The van der Waals surface area contributed by atoms with Crippen molar-refractivity contribution in [3.05, 3.63) is 29.3 Å². The third-order valence-electron chi connectivity index (χ3n) is 2.11. The monoisotopic (exact) mass is 178 g/mol. The molecule has 2 N–H and O–H groups in total. The minimum absolute atomic E-state index is 0.164. The van der Waals surface area contributed by atoms with Crippen molar-refractivity contribution in [1.82, 2.24) is 0 Å². The van der Waals surface area contributed by atoms with Gasteiger partial charge in [0.15, 0.2) is 0 Å². The van der Waals surface area contributed by atoms with Crippen LogP contribution in [0.3, 0.4) is 0 Å². The first kappa shape index (κ1) is 9.74. The summed E-state index contributed by atoms with van der Waals surface area (Å²) in [6.07, 6.45) is 0. The molecule has 1 rings (SSSR count). The van der Waals surface area contributed by atoms with Gasteiger partial charge in [-0.3, -0.25) is 4.79 Å². The van der Waals surface area contributed by atoms with E-state index in [0.29, 0.717) is 0 Å². The van der Waals surface area contributed by atoms with Crippen molar-refractivity contribution in [2.75, 3.05) is 5.01 Å². The topological polar surface area (TPSA) is 46.3 Å². The summed E-state index contributed by atoms with van der Waals surface area (Å²) in [7, 11) is 0. The molecule has 70 valence electrons.